The van der Waals surface area contributed by atoms with Crippen molar-refractivity contribution in [3.8, 4) is 11.4 Å². The molecule has 0 aliphatic heterocycles. The Bertz CT molecular complexity index is 734. The van der Waals surface area contributed by atoms with Gasteiger partial charge in [0.2, 0.25) is 5.82 Å². The molecule has 1 aromatic carbocycles. The summed E-state index contributed by atoms with van der Waals surface area (Å²) in [7, 11) is 0. The lowest BCUT2D eigenvalue weighted by molar-refractivity contribution is 0.523. The highest BCUT2D eigenvalue weighted by Gasteiger charge is 2.13. The van der Waals surface area contributed by atoms with E-state index in [1.54, 1.807) is 11.0 Å². The third-order valence-electron chi connectivity index (χ3n) is 3.61. The second-order valence-electron chi connectivity index (χ2n) is 5.56. The Morgan fingerprint density at radius 1 is 1.09 bits per heavy atom. The molecule has 2 aromatic heterocycles. The summed E-state index contributed by atoms with van der Waals surface area (Å²) in [6.45, 7) is 5.02. The van der Waals surface area contributed by atoms with Crippen LogP contribution in [0.5, 0.6) is 0 Å². The smallest absolute Gasteiger partial charge is 0.206 e. The van der Waals surface area contributed by atoms with Gasteiger partial charge in [0.1, 0.15) is 0 Å². The van der Waals surface area contributed by atoms with E-state index in [4.69, 9.17) is 0 Å². The Balaban J connectivity index is 1.77. The van der Waals surface area contributed by atoms with E-state index in [-0.39, 0.29) is 0 Å². The number of benzene rings is 1. The maximum atomic E-state index is 4.49. The molecular weight excluding hydrogens is 274 g/mol. The Kier molecular flexibility index (Phi) is 4.23. The normalized spacial score (nSPS) is 11.0. The summed E-state index contributed by atoms with van der Waals surface area (Å²) in [6.07, 6.45) is 4.51. The lowest BCUT2D eigenvalue weighted by Crippen LogP contribution is -2.05. The molecular formula is C17H19N5. The molecule has 0 radical (unpaired) electrons. The predicted molar refractivity (Wildman–Crippen MR) is 85.3 cm³/mol. The molecule has 0 N–H and O–H groups in total. The fourth-order valence-corrected chi connectivity index (χ4v) is 2.42. The van der Waals surface area contributed by atoms with Crippen LogP contribution in [-0.4, -0.2) is 25.2 Å². The summed E-state index contributed by atoms with van der Waals surface area (Å²) in [4.78, 5) is 5.84. The predicted octanol–water partition coefficient (Wildman–Crippen LogP) is 3.10. The minimum Gasteiger partial charge on any atom is -0.264 e. The Morgan fingerprint density at radius 3 is 2.68 bits per heavy atom. The number of hydrogen-bond acceptors (Lipinski definition) is 4. The summed E-state index contributed by atoms with van der Waals surface area (Å²) in [5.74, 6) is 1.04. The summed E-state index contributed by atoms with van der Waals surface area (Å²) in [5.41, 5.74) is 3.42. The van der Waals surface area contributed by atoms with Gasteiger partial charge in [0.15, 0.2) is 0 Å². The first-order chi connectivity index (χ1) is 10.7. The van der Waals surface area contributed by atoms with Crippen LogP contribution in [0.1, 0.15) is 30.9 Å². The van der Waals surface area contributed by atoms with Crippen LogP contribution < -0.4 is 0 Å². The van der Waals surface area contributed by atoms with Crippen LogP contribution in [-0.2, 0) is 13.0 Å². The molecule has 0 atom stereocenters. The summed E-state index contributed by atoms with van der Waals surface area (Å²) >= 11 is 0. The molecule has 22 heavy (non-hydrogen) atoms. The number of hydrogen-bond donors (Lipinski definition) is 0. The largest absolute Gasteiger partial charge is 0.264 e. The minimum atomic E-state index is 0.397. The zero-order valence-electron chi connectivity index (χ0n) is 12.8. The summed E-state index contributed by atoms with van der Waals surface area (Å²) < 4.78 is 0. The number of tetrazole rings is 1. The van der Waals surface area contributed by atoms with Gasteiger partial charge in [0.05, 0.1) is 6.54 Å². The SMILES string of the molecule is CC(C)c1ccncc1-c1nnn(CCc2ccccc2)n1. The molecule has 0 spiro atoms. The molecule has 0 fully saturated rings. The van der Waals surface area contributed by atoms with Crippen molar-refractivity contribution in [1.29, 1.82) is 0 Å². The van der Waals surface area contributed by atoms with Gasteiger partial charge in [-0.05, 0) is 34.7 Å². The van der Waals surface area contributed by atoms with Crippen LogP contribution in [0, 0.1) is 0 Å². The second-order valence-corrected chi connectivity index (χ2v) is 5.56. The van der Waals surface area contributed by atoms with Crippen molar-refractivity contribution in [2.24, 2.45) is 0 Å². The molecule has 0 aliphatic carbocycles. The Morgan fingerprint density at radius 2 is 1.91 bits per heavy atom. The van der Waals surface area contributed by atoms with E-state index in [9.17, 15) is 0 Å². The van der Waals surface area contributed by atoms with Crippen molar-refractivity contribution in [3.63, 3.8) is 0 Å². The third-order valence-corrected chi connectivity index (χ3v) is 3.61. The summed E-state index contributed by atoms with van der Waals surface area (Å²) in [5, 5.41) is 12.8. The fourth-order valence-electron chi connectivity index (χ4n) is 2.42. The quantitative estimate of drug-likeness (QED) is 0.725. The fraction of sp³-hybridized carbons (Fsp3) is 0.294. The highest BCUT2D eigenvalue weighted by molar-refractivity contribution is 5.58. The first kappa shape index (κ1) is 14.4. The molecule has 3 rings (SSSR count). The summed E-state index contributed by atoms with van der Waals surface area (Å²) in [6, 6.07) is 12.3. The molecule has 0 aliphatic rings. The van der Waals surface area contributed by atoms with Crippen LogP contribution in [0.3, 0.4) is 0 Å². The molecule has 5 heteroatoms. The van der Waals surface area contributed by atoms with E-state index in [2.05, 4.69) is 46.4 Å². The highest BCUT2D eigenvalue weighted by atomic mass is 15.6. The van der Waals surface area contributed by atoms with Crippen LogP contribution in [0.15, 0.2) is 48.8 Å². The molecule has 0 saturated carbocycles. The van der Waals surface area contributed by atoms with Gasteiger partial charge in [-0.25, -0.2) is 0 Å². The molecule has 5 nitrogen and oxygen atoms in total. The first-order valence-electron chi connectivity index (χ1n) is 7.50. The first-order valence-corrected chi connectivity index (χ1v) is 7.50. The van der Waals surface area contributed by atoms with Gasteiger partial charge < -0.3 is 0 Å². The van der Waals surface area contributed by atoms with Gasteiger partial charge in [-0.2, -0.15) is 4.80 Å². The number of aryl methyl sites for hydroxylation is 2. The van der Waals surface area contributed by atoms with Crippen molar-refractivity contribution < 1.29 is 0 Å². The van der Waals surface area contributed by atoms with Crippen molar-refractivity contribution in [3.05, 3.63) is 59.9 Å². The molecule has 0 unspecified atom stereocenters. The van der Waals surface area contributed by atoms with E-state index in [1.807, 2.05) is 30.5 Å². The highest BCUT2D eigenvalue weighted by Crippen LogP contribution is 2.25. The average Bonchev–Trinajstić information content (AvgIpc) is 3.03. The lowest BCUT2D eigenvalue weighted by Gasteiger charge is -2.08. The number of nitrogens with zero attached hydrogens (tertiary/aromatic N) is 5. The van der Waals surface area contributed by atoms with Crippen LogP contribution in [0.2, 0.25) is 0 Å². The van der Waals surface area contributed by atoms with Crippen molar-refractivity contribution in [2.75, 3.05) is 0 Å². The van der Waals surface area contributed by atoms with Gasteiger partial charge in [0, 0.05) is 18.0 Å². The second kappa shape index (κ2) is 6.47. The number of rotatable bonds is 5. The third kappa shape index (κ3) is 3.19. The molecule has 2 heterocycles. The van der Waals surface area contributed by atoms with Crippen molar-refractivity contribution in [1.82, 2.24) is 25.2 Å². The van der Waals surface area contributed by atoms with Crippen molar-refractivity contribution >= 4 is 0 Å². The van der Waals surface area contributed by atoms with E-state index in [0.29, 0.717) is 18.3 Å². The van der Waals surface area contributed by atoms with Crippen LogP contribution >= 0.6 is 0 Å². The maximum Gasteiger partial charge on any atom is 0.206 e. The standard InChI is InChI=1S/C17H19N5/c1-13(2)15-8-10-18-12-16(15)17-19-21-22(20-17)11-9-14-6-4-3-5-7-14/h3-8,10,12-13H,9,11H2,1-2H3. The van der Waals surface area contributed by atoms with Crippen LogP contribution in [0.4, 0.5) is 0 Å². The molecule has 0 saturated heterocycles. The van der Waals surface area contributed by atoms with E-state index >= 15 is 0 Å². The monoisotopic (exact) mass is 293 g/mol. The van der Waals surface area contributed by atoms with Gasteiger partial charge >= 0.3 is 0 Å². The van der Waals surface area contributed by atoms with E-state index in [0.717, 1.165) is 12.0 Å². The maximum absolute atomic E-state index is 4.49. The van der Waals surface area contributed by atoms with Gasteiger partial charge in [-0.15, -0.1) is 10.2 Å². The molecule has 112 valence electrons. The van der Waals surface area contributed by atoms with Gasteiger partial charge in [-0.3, -0.25) is 4.98 Å². The van der Waals surface area contributed by atoms with E-state index < -0.39 is 0 Å². The van der Waals surface area contributed by atoms with Crippen LogP contribution in [0.25, 0.3) is 11.4 Å². The average molecular weight is 293 g/mol. The number of aromatic nitrogens is 5. The topological polar surface area (TPSA) is 56.5 Å². The van der Waals surface area contributed by atoms with Gasteiger partial charge in [0.25, 0.3) is 0 Å². The lowest BCUT2D eigenvalue weighted by atomic mass is 9.99. The van der Waals surface area contributed by atoms with Gasteiger partial charge in [-0.1, -0.05) is 44.2 Å². The molecule has 3 aromatic rings. The molecule has 0 amide bonds. The molecule has 0 bridgehead atoms. The Labute approximate surface area is 130 Å². The van der Waals surface area contributed by atoms with Crippen molar-refractivity contribution in [2.45, 2.75) is 32.7 Å². The Hall–Kier alpha value is -2.56. The van der Waals surface area contributed by atoms with E-state index in [1.165, 1.54) is 11.1 Å². The minimum absolute atomic E-state index is 0.397. The number of pyridine rings is 1. The zero-order chi connectivity index (χ0) is 15.4. The zero-order valence-corrected chi connectivity index (χ0v) is 12.8.